The number of benzene rings is 2. The Hall–Kier alpha value is -3.63. The summed E-state index contributed by atoms with van der Waals surface area (Å²) >= 11 is 0. The number of phenolic OH excluding ortho intramolecular Hbond substituents is 4. The van der Waals surface area contributed by atoms with Crippen LogP contribution in [0.5, 0.6) is 28.7 Å². The highest BCUT2D eigenvalue weighted by Crippen LogP contribution is 2.39. The van der Waals surface area contributed by atoms with Crippen molar-refractivity contribution in [1.29, 1.82) is 0 Å². The van der Waals surface area contributed by atoms with E-state index in [1.165, 1.54) is 6.07 Å². The van der Waals surface area contributed by atoms with Crippen molar-refractivity contribution in [2.24, 2.45) is 0 Å². The Morgan fingerprint density at radius 3 is 2.17 bits per heavy atom. The molecule has 0 saturated carbocycles. The molecule has 14 heteroatoms. The molecule has 14 nitrogen and oxygen atoms in total. The zero-order chi connectivity index (χ0) is 24.0. The first-order chi connectivity index (χ1) is 15.6. The van der Waals surface area contributed by atoms with Crippen LogP contribution in [0.4, 0.5) is 0 Å². The Morgan fingerprint density at radius 1 is 0.857 bits per heavy atom. The number of rotatable bonds is 4. The van der Waals surface area contributed by atoms with E-state index in [4.69, 9.17) is 13.9 Å². The fraction of sp³-hybridized carbons (Fsp3) is 0.286. The van der Waals surface area contributed by atoms with Gasteiger partial charge in [0.1, 0.15) is 46.9 Å². The van der Waals surface area contributed by atoms with E-state index in [0.717, 1.165) is 24.3 Å². The van der Waals surface area contributed by atoms with Crippen molar-refractivity contribution in [2.45, 2.75) is 30.7 Å². The number of hydrogen-bond donors (Lipinski definition) is 8. The predicted molar refractivity (Wildman–Crippen MR) is 116 cm³/mol. The fourth-order valence-corrected chi connectivity index (χ4v) is 3.51. The van der Waals surface area contributed by atoms with Crippen molar-refractivity contribution >= 4 is 11.0 Å². The molecule has 0 aliphatic carbocycles. The molecule has 0 unspecified atom stereocenters. The molecule has 12 N–H and O–H groups in total. The van der Waals surface area contributed by atoms with E-state index in [9.17, 15) is 45.6 Å². The highest BCUT2D eigenvalue weighted by Gasteiger charge is 2.45. The summed E-state index contributed by atoms with van der Waals surface area (Å²) in [6.45, 7) is -0.740. The first-order valence-electron chi connectivity index (χ1n) is 9.64. The molecule has 1 aliphatic heterocycles. The zero-order valence-corrected chi connectivity index (χ0v) is 17.7. The van der Waals surface area contributed by atoms with Crippen molar-refractivity contribution in [3.63, 3.8) is 0 Å². The predicted octanol–water partition coefficient (Wildman–Crippen LogP) is -2.19. The SMILES string of the molecule is O.O.O=c1c(O[C@@H]2O[C@H](CO)[C@@H](O)[C@H](O)[C@H]2O)c(-c2ccc(O)c(O)c2)oc2cc(O)cc(O)c12. The van der Waals surface area contributed by atoms with E-state index in [-0.39, 0.29) is 33.2 Å². The van der Waals surface area contributed by atoms with Crippen LogP contribution in [0.3, 0.4) is 0 Å². The summed E-state index contributed by atoms with van der Waals surface area (Å²) in [6, 6.07) is 5.36. The van der Waals surface area contributed by atoms with Gasteiger partial charge in [-0.1, -0.05) is 0 Å². The van der Waals surface area contributed by atoms with Crippen LogP contribution in [0, 0.1) is 0 Å². The first-order valence-corrected chi connectivity index (χ1v) is 9.64. The summed E-state index contributed by atoms with van der Waals surface area (Å²) in [7, 11) is 0. The summed E-state index contributed by atoms with van der Waals surface area (Å²) in [5.74, 6) is -3.05. The van der Waals surface area contributed by atoms with Crippen molar-refractivity contribution in [1.82, 2.24) is 0 Å². The Labute approximate surface area is 195 Å². The van der Waals surface area contributed by atoms with E-state index < -0.39 is 71.5 Å². The Balaban J connectivity index is 0.00000216. The van der Waals surface area contributed by atoms with Crippen molar-refractivity contribution in [3.05, 3.63) is 40.6 Å². The molecule has 2 aromatic carbocycles. The molecular formula is C21H24O14. The molecule has 1 aliphatic rings. The third-order valence-electron chi connectivity index (χ3n) is 5.24. The van der Waals surface area contributed by atoms with Gasteiger partial charge in [-0.25, -0.2) is 0 Å². The van der Waals surface area contributed by atoms with Crippen molar-refractivity contribution < 1.29 is 65.7 Å². The van der Waals surface area contributed by atoms with Gasteiger partial charge in [0.05, 0.1) is 6.61 Å². The van der Waals surface area contributed by atoms with Gasteiger partial charge in [-0.05, 0) is 18.2 Å². The van der Waals surface area contributed by atoms with Gasteiger partial charge >= 0.3 is 0 Å². The minimum absolute atomic E-state index is 0. The number of hydrogen-bond acceptors (Lipinski definition) is 12. The summed E-state index contributed by atoms with van der Waals surface area (Å²) < 4.78 is 16.5. The molecule has 2 heterocycles. The Bertz CT molecular complexity index is 1250. The molecule has 0 bridgehead atoms. The van der Waals surface area contributed by atoms with Crippen LogP contribution in [-0.2, 0) is 4.74 Å². The topological polar surface area (TPSA) is 274 Å². The normalized spacial score (nSPS) is 23.8. The smallest absolute Gasteiger partial charge is 0.239 e. The van der Waals surface area contributed by atoms with Gasteiger partial charge < -0.3 is 65.7 Å². The zero-order valence-electron chi connectivity index (χ0n) is 17.7. The molecule has 1 aromatic heterocycles. The van der Waals surface area contributed by atoms with Crippen molar-refractivity contribution in [2.75, 3.05) is 6.61 Å². The number of aliphatic hydroxyl groups is 4. The van der Waals surface area contributed by atoms with Gasteiger partial charge in [0.25, 0.3) is 0 Å². The first kappa shape index (κ1) is 27.6. The number of aliphatic hydroxyl groups excluding tert-OH is 4. The lowest BCUT2D eigenvalue weighted by atomic mass is 9.99. The van der Waals surface area contributed by atoms with Crippen LogP contribution in [0.2, 0.25) is 0 Å². The second-order valence-electron chi connectivity index (χ2n) is 7.45. The van der Waals surface area contributed by atoms with Crippen LogP contribution in [0.25, 0.3) is 22.3 Å². The molecule has 1 saturated heterocycles. The highest BCUT2D eigenvalue weighted by molar-refractivity contribution is 5.88. The van der Waals surface area contributed by atoms with E-state index >= 15 is 0 Å². The molecule has 0 spiro atoms. The summed E-state index contributed by atoms with van der Waals surface area (Å²) in [5.41, 5.74) is -1.19. The number of aromatic hydroxyl groups is 4. The molecule has 3 aromatic rings. The molecule has 4 rings (SSSR count). The van der Waals surface area contributed by atoms with Crippen LogP contribution in [0.1, 0.15) is 0 Å². The third-order valence-corrected chi connectivity index (χ3v) is 5.24. The number of fused-ring (bicyclic) bond motifs is 1. The van der Waals surface area contributed by atoms with Gasteiger partial charge in [0, 0.05) is 17.7 Å². The second kappa shape index (κ2) is 10.3. The lowest BCUT2D eigenvalue weighted by molar-refractivity contribution is -0.277. The van der Waals surface area contributed by atoms with Gasteiger partial charge in [-0.15, -0.1) is 0 Å². The maximum atomic E-state index is 13.2. The molecule has 0 amide bonds. The fourth-order valence-electron chi connectivity index (χ4n) is 3.51. The third kappa shape index (κ3) is 4.80. The van der Waals surface area contributed by atoms with Crippen LogP contribution >= 0.6 is 0 Å². The Kier molecular flexibility index (Phi) is 8.15. The van der Waals surface area contributed by atoms with Gasteiger partial charge in [-0.3, -0.25) is 4.79 Å². The molecule has 5 atom stereocenters. The van der Waals surface area contributed by atoms with Gasteiger partial charge in [0.2, 0.25) is 17.5 Å². The van der Waals surface area contributed by atoms with Crippen LogP contribution in [-0.4, -0.2) is 89.1 Å². The monoisotopic (exact) mass is 500 g/mol. The number of phenols is 4. The summed E-state index contributed by atoms with van der Waals surface area (Å²) in [4.78, 5) is 13.2. The van der Waals surface area contributed by atoms with E-state index in [0.29, 0.717) is 0 Å². The largest absolute Gasteiger partial charge is 0.508 e. The van der Waals surface area contributed by atoms with Gasteiger partial charge in [0.15, 0.2) is 17.3 Å². The van der Waals surface area contributed by atoms with Gasteiger partial charge in [-0.2, -0.15) is 0 Å². The van der Waals surface area contributed by atoms with Crippen LogP contribution in [0.15, 0.2) is 39.5 Å². The Morgan fingerprint density at radius 2 is 1.54 bits per heavy atom. The molecule has 35 heavy (non-hydrogen) atoms. The molecule has 0 radical (unpaired) electrons. The van der Waals surface area contributed by atoms with E-state index in [1.54, 1.807) is 0 Å². The number of ether oxygens (including phenoxy) is 2. The highest BCUT2D eigenvalue weighted by atomic mass is 16.7. The quantitative estimate of drug-likeness (QED) is 0.177. The lowest BCUT2D eigenvalue weighted by Gasteiger charge is -2.39. The lowest BCUT2D eigenvalue weighted by Crippen LogP contribution is -2.60. The molecule has 192 valence electrons. The van der Waals surface area contributed by atoms with Crippen molar-refractivity contribution in [3.8, 4) is 40.1 Å². The summed E-state index contributed by atoms with van der Waals surface area (Å²) in [5, 5.41) is 78.7. The minimum Gasteiger partial charge on any atom is -0.508 e. The molecule has 1 fully saturated rings. The van der Waals surface area contributed by atoms with Crippen LogP contribution < -0.4 is 10.2 Å². The average Bonchev–Trinajstić information content (AvgIpc) is 2.76. The van der Waals surface area contributed by atoms with E-state index in [2.05, 4.69) is 0 Å². The van der Waals surface area contributed by atoms with E-state index in [1.807, 2.05) is 0 Å². The maximum absolute atomic E-state index is 13.2. The average molecular weight is 500 g/mol. The standard InChI is InChI=1S/C21H20O12.2H2O/c22-6-13-15(27)17(29)18(30)21(32-13)33-20-16(28)14-11(26)4-8(23)5-12(14)31-19(20)7-1-2-9(24)10(25)3-7;;/h1-5,13,15,17-18,21-27,29-30H,6H2;2*1H2/t13-,15-,17+,18-,21+;;/m1../s1. The second-order valence-corrected chi connectivity index (χ2v) is 7.45. The molecular weight excluding hydrogens is 476 g/mol. The minimum atomic E-state index is -1.85. The maximum Gasteiger partial charge on any atom is 0.239 e. The summed E-state index contributed by atoms with van der Waals surface area (Å²) in [6.07, 6.45) is -8.40.